The van der Waals surface area contributed by atoms with Crippen molar-refractivity contribution in [3.05, 3.63) is 28.8 Å². The van der Waals surface area contributed by atoms with Gasteiger partial charge in [0.1, 0.15) is 5.75 Å². The minimum Gasteiger partial charge on any atom is -0.496 e. The van der Waals surface area contributed by atoms with Gasteiger partial charge in [0.2, 0.25) is 0 Å². The van der Waals surface area contributed by atoms with E-state index in [1.807, 2.05) is 0 Å². The van der Waals surface area contributed by atoms with Crippen molar-refractivity contribution in [2.24, 2.45) is 0 Å². The van der Waals surface area contributed by atoms with Crippen molar-refractivity contribution in [1.82, 2.24) is 0 Å². The zero-order valence-electron chi connectivity index (χ0n) is 11.3. The Morgan fingerprint density at radius 1 is 1.53 bits per heavy atom. The molecule has 1 aromatic rings. The fraction of sp³-hybridized carbons (Fsp3) is 0.600. The molecule has 106 valence electrons. The van der Waals surface area contributed by atoms with Crippen molar-refractivity contribution in [1.29, 1.82) is 0 Å². The maximum atomic E-state index is 10.3. The minimum absolute atomic E-state index is 0.383. The lowest BCUT2D eigenvalue weighted by Crippen LogP contribution is -2.06. The van der Waals surface area contributed by atoms with Crippen molar-refractivity contribution >= 4 is 11.6 Å². The number of aliphatic hydroxyl groups is 1. The average Bonchev–Trinajstić information content (AvgIpc) is 2.91. The highest BCUT2D eigenvalue weighted by atomic mass is 35.5. The minimum atomic E-state index is -0.532. The van der Waals surface area contributed by atoms with Gasteiger partial charge in [-0.2, -0.15) is 0 Å². The number of aliphatic hydroxyl groups excluding tert-OH is 1. The van der Waals surface area contributed by atoms with Crippen molar-refractivity contribution in [2.75, 3.05) is 13.7 Å². The first-order chi connectivity index (χ1) is 9.20. The lowest BCUT2D eigenvalue weighted by molar-refractivity contribution is 0.0941. The highest BCUT2D eigenvalue weighted by Gasteiger charge is 2.17. The summed E-state index contributed by atoms with van der Waals surface area (Å²) in [5.74, 6) is 0.689. The van der Waals surface area contributed by atoms with Crippen LogP contribution in [0.3, 0.4) is 0 Å². The van der Waals surface area contributed by atoms with E-state index in [1.165, 1.54) is 0 Å². The second kappa shape index (κ2) is 7.13. The molecule has 1 aliphatic heterocycles. The summed E-state index contributed by atoms with van der Waals surface area (Å²) in [6.07, 6.45) is 4.83. The van der Waals surface area contributed by atoms with Gasteiger partial charge in [0.05, 0.1) is 19.3 Å². The molecule has 0 spiro atoms. The predicted molar refractivity (Wildman–Crippen MR) is 75.8 cm³/mol. The van der Waals surface area contributed by atoms with Crippen LogP contribution >= 0.6 is 11.6 Å². The van der Waals surface area contributed by atoms with Crippen LogP contribution in [0.2, 0.25) is 5.02 Å². The molecule has 2 unspecified atom stereocenters. The zero-order valence-corrected chi connectivity index (χ0v) is 12.0. The molecule has 1 saturated heterocycles. The summed E-state index contributed by atoms with van der Waals surface area (Å²) in [5.41, 5.74) is 0.766. The Balaban J connectivity index is 1.87. The van der Waals surface area contributed by atoms with E-state index in [-0.39, 0.29) is 0 Å². The lowest BCUT2D eigenvalue weighted by Gasteiger charge is -2.16. The van der Waals surface area contributed by atoms with E-state index >= 15 is 0 Å². The van der Waals surface area contributed by atoms with E-state index < -0.39 is 6.10 Å². The van der Waals surface area contributed by atoms with E-state index in [0.717, 1.165) is 37.9 Å². The standard InChI is InChI=1S/C15H21ClO3/c1-18-15-8-7-11(16)10-13(15)14(17)6-2-4-12-5-3-9-19-12/h7-8,10,12,14,17H,2-6,9H2,1H3. The van der Waals surface area contributed by atoms with Gasteiger partial charge in [0.15, 0.2) is 0 Å². The fourth-order valence-electron chi connectivity index (χ4n) is 2.53. The van der Waals surface area contributed by atoms with Crippen LogP contribution in [0.25, 0.3) is 0 Å². The highest BCUT2D eigenvalue weighted by molar-refractivity contribution is 6.30. The summed E-state index contributed by atoms with van der Waals surface area (Å²) >= 11 is 5.97. The van der Waals surface area contributed by atoms with Crippen LogP contribution in [0.4, 0.5) is 0 Å². The van der Waals surface area contributed by atoms with Crippen LogP contribution in [0, 0.1) is 0 Å². The van der Waals surface area contributed by atoms with Gasteiger partial charge in [0.25, 0.3) is 0 Å². The van der Waals surface area contributed by atoms with Gasteiger partial charge in [-0.05, 0) is 50.3 Å². The Kier molecular flexibility index (Phi) is 5.49. The van der Waals surface area contributed by atoms with E-state index in [0.29, 0.717) is 23.3 Å². The van der Waals surface area contributed by atoms with Crippen LogP contribution in [0.15, 0.2) is 18.2 Å². The summed E-state index contributed by atoms with van der Waals surface area (Å²) in [7, 11) is 1.60. The second-order valence-corrected chi connectivity index (χ2v) is 5.40. The van der Waals surface area contributed by atoms with E-state index in [2.05, 4.69) is 0 Å². The van der Waals surface area contributed by atoms with E-state index in [4.69, 9.17) is 21.1 Å². The third-order valence-corrected chi connectivity index (χ3v) is 3.81. The van der Waals surface area contributed by atoms with Gasteiger partial charge < -0.3 is 14.6 Å². The summed E-state index contributed by atoms with van der Waals surface area (Å²) in [6.45, 7) is 0.884. The van der Waals surface area contributed by atoms with Gasteiger partial charge >= 0.3 is 0 Å². The smallest absolute Gasteiger partial charge is 0.124 e. The van der Waals surface area contributed by atoms with Gasteiger partial charge in [-0.1, -0.05) is 11.6 Å². The van der Waals surface area contributed by atoms with Crippen LogP contribution in [0.1, 0.15) is 43.8 Å². The number of hydrogen-bond acceptors (Lipinski definition) is 3. The first-order valence-electron chi connectivity index (χ1n) is 6.84. The van der Waals surface area contributed by atoms with Gasteiger partial charge in [-0.3, -0.25) is 0 Å². The van der Waals surface area contributed by atoms with Crippen LogP contribution in [0.5, 0.6) is 5.75 Å². The van der Waals surface area contributed by atoms with E-state index in [9.17, 15) is 5.11 Å². The number of ether oxygens (including phenoxy) is 2. The number of rotatable bonds is 6. The summed E-state index contributed by atoms with van der Waals surface area (Å²) in [5, 5.41) is 10.9. The Hall–Kier alpha value is -0.770. The van der Waals surface area contributed by atoms with E-state index in [1.54, 1.807) is 25.3 Å². The molecule has 0 radical (unpaired) electrons. The van der Waals surface area contributed by atoms with Crippen LogP contribution in [-0.4, -0.2) is 24.9 Å². The van der Waals surface area contributed by atoms with Crippen molar-refractivity contribution < 1.29 is 14.6 Å². The number of methoxy groups -OCH3 is 1. The monoisotopic (exact) mass is 284 g/mol. The van der Waals surface area contributed by atoms with Gasteiger partial charge in [-0.15, -0.1) is 0 Å². The molecular formula is C15H21ClO3. The molecule has 0 aromatic heterocycles. The zero-order chi connectivity index (χ0) is 13.7. The predicted octanol–water partition coefficient (Wildman–Crippen LogP) is 3.73. The Labute approximate surface area is 119 Å². The van der Waals surface area contributed by atoms with Crippen LogP contribution in [-0.2, 0) is 4.74 Å². The molecule has 0 amide bonds. The first kappa shape index (κ1) is 14.6. The van der Waals surface area contributed by atoms with Gasteiger partial charge in [-0.25, -0.2) is 0 Å². The molecule has 1 aromatic carbocycles. The third-order valence-electron chi connectivity index (χ3n) is 3.58. The summed E-state index contributed by atoms with van der Waals surface area (Å²) in [4.78, 5) is 0. The van der Waals surface area contributed by atoms with Crippen LogP contribution < -0.4 is 4.74 Å². The molecule has 1 heterocycles. The largest absolute Gasteiger partial charge is 0.496 e. The molecule has 1 fully saturated rings. The van der Waals surface area contributed by atoms with Crippen molar-refractivity contribution in [3.8, 4) is 5.75 Å². The molecule has 4 heteroatoms. The van der Waals surface area contributed by atoms with Crippen molar-refractivity contribution in [2.45, 2.75) is 44.3 Å². The summed E-state index contributed by atoms with van der Waals surface area (Å²) < 4.78 is 10.8. The number of benzene rings is 1. The Bertz CT molecular complexity index is 402. The maximum absolute atomic E-state index is 10.3. The molecule has 19 heavy (non-hydrogen) atoms. The molecule has 2 rings (SSSR count). The topological polar surface area (TPSA) is 38.7 Å². The maximum Gasteiger partial charge on any atom is 0.124 e. The molecule has 3 nitrogen and oxygen atoms in total. The molecule has 0 aliphatic carbocycles. The normalized spacial score (nSPS) is 20.5. The third kappa shape index (κ3) is 4.10. The second-order valence-electron chi connectivity index (χ2n) is 4.97. The lowest BCUT2D eigenvalue weighted by atomic mass is 10.0. The molecule has 2 atom stereocenters. The Morgan fingerprint density at radius 2 is 2.37 bits per heavy atom. The van der Waals surface area contributed by atoms with Crippen molar-refractivity contribution in [3.63, 3.8) is 0 Å². The first-order valence-corrected chi connectivity index (χ1v) is 7.21. The average molecular weight is 285 g/mol. The number of halogens is 1. The summed E-state index contributed by atoms with van der Waals surface area (Å²) in [6, 6.07) is 5.33. The SMILES string of the molecule is COc1ccc(Cl)cc1C(O)CCCC1CCCO1. The molecule has 0 saturated carbocycles. The quantitative estimate of drug-likeness (QED) is 0.865. The molecule has 0 bridgehead atoms. The molecular weight excluding hydrogens is 264 g/mol. The fourth-order valence-corrected chi connectivity index (χ4v) is 2.71. The Morgan fingerprint density at radius 3 is 3.05 bits per heavy atom. The number of hydrogen-bond donors (Lipinski definition) is 1. The van der Waals surface area contributed by atoms with Gasteiger partial charge in [0, 0.05) is 17.2 Å². The highest BCUT2D eigenvalue weighted by Crippen LogP contribution is 2.31. The molecule has 1 aliphatic rings. The molecule has 1 N–H and O–H groups in total.